The molecule has 0 saturated carbocycles. The summed E-state index contributed by atoms with van der Waals surface area (Å²) in [6, 6.07) is 17.0. The van der Waals surface area contributed by atoms with Crippen molar-refractivity contribution in [2.75, 3.05) is 20.2 Å². The maximum Gasteiger partial charge on any atom is 0.308 e. The monoisotopic (exact) mass is 367 g/mol. The van der Waals surface area contributed by atoms with Gasteiger partial charge >= 0.3 is 5.97 Å². The number of benzene rings is 2. The van der Waals surface area contributed by atoms with E-state index in [1.54, 1.807) is 12.0 Å². The minimum Gasteiger partial charge on any atom is -0.496 e. The average Bonchev–Trinajstić information content (AvgIpc) is 3.13. The smallest absolute Gasteiger partial charge is 0.308 e. The maximum atomic E-state index is 13.4. The number of carboxylic acid groups (broad SMARTS) is 1. The van der Waals surface area contributed by atoms with Crippen LogP contribution in [0.5, 0.6) is 5.75 Å². The number of carbonyl (C=O) groups excluding carboxylic acids is 1. The Morgan fingerprint density at radius 1 is 1.04 bits per heavy atom. The molecule has 5 heteroatoms. The van der Waals surface area contributed by atoms with E-state index in [-0.39, 0.29) is 18.4 Å². The van der Waals surface area contributed by atoms with Crippen LogP contribution in [-0.2, 0) is 15.0 Å². The number of para-hydroxylation sites is 1. The number of nitrogens with zero attached hydrogens (tertiary/aromatic N) is 1. The van der Waals surface area contributed by atoms with Gasteiger partial charge in [0.2, 0.25) is 5.91 Å². The molecule has 0 aromatic heterocycles. The van der Waals surface area contributed by atoms with Gasteiger partial charge < -0.3 is 14.7 Å². The van der Waals surface area contributed by atoms with E-state index in [0.717, 1.165) is 11.1 Å². The molecule has 0 bridgehead atoms. The Kier molecular flexibility index (Phi) is 5.22. The van der Waals surface area contributed by atoms with Crippen molar-refractivity contribution in [3.8, 4) is 5.75 Å². The molecule has 1 heterocycles. The van der Waals surface area contributed by atoms with E-state index in [9.17, 15) is 14.7 Å². The third kappa shape index (κ3) is 3.54. The lowest BCUT2D eigenvalue weighted by atomic mass is 9.82. The van der Waals surface area contributed by atoms with Crippen molar-refractivity contribution in [1.29, 1.82) is 0 Å². The molecule has 3 rings (SSSR count). The highest BCUT2D eigenvalue weighted by molar-refractivity contribution is 5.89. The van der Waals surface area contributed by atoms with Crippen molar-refractivity contribution in [1.82, 2.24) is 4.90 Å². The molecular formula is C22H25NO4. The third-order valence-corrected chi connectivity index (χ3v) is 5.47. The molecule has 0 aliphatic carbocycles. The van der Waals surface area contributed by atoms with Crippen LogP contribution in [0.25, 0.3) is 0 Å². The molecule has 2 aromatic rings. The summed E-state index contributed by atoms with van der Waals surface area (Å²) in [6.07, 6.45) is 0. The first-order chi connectivity index (χ1) is 12.9. The number of methoxy groups -OCH3 is 1. The molecule has 1 amide bonds. The molecule has 0 radical (unpaired) electrons. The summed E-state index contributed by atoms with van der Waals surface area (Å²) >= 11 is 0. The zero-order valence-corrected chi connectivity index (χ0v) is 15.9. The van der Waals surface area contributed by atoms with Crippen molar-refractivity contribution in [3.63, 3.8) is 0 Å². The van der Waals surface area contributed by atoms with Gasteiger partial charge in [-0.25, -0.2) is 0 Å². The number of aliphatic carboxylic acids is 1. The summed E-state index contributed by atoms with van der Waals surface area (Å²) in [5.41, 5.74) is 0.934. The number of likely N-dealkylation sites (tertiary alicyclic amines) is 1. The highest BCUT2D eigenvalue weighted by atomic mass is 16.5. The van der Waals surface area contributed by atoms with Gasteiger partial charge in [-0.05, 0) is 25.5 Å². The molecule has 2 aromatic carbocycles. The third-order valence-electron chi connectivity index (χ3n) is 5.47. The van der Waals surface area contributed by atoms with Crippen LogP contribution in [0, 0.1) is 5.92 Å². The van der Waals surface area contributed by atoms with Gasteiger partial charge in [-0.3, -0.25) is 9.59 Å². The van der Waals surface area contributed by atoms with Crippen molar-refractivity contribution in [2.45, 2.75) is 25.2 Å². The standard InChI is InChI=1S/C22H25NO4/c1-22(2,18-11-7-8-12-19(18)27-3)21(26)23-13-16(17(14-23)20(24)25)15-9-5-4-6-10-15/h4-12,16-17H,13-14H2,1-3H3,(H,24,25). The number of hydrogen-bond acceptors (Lipinski definition) is 3. The highest BCUT2D eigenvalue weighted by Gasteiger charge is 2.45. The number of hydrogen-bond donors (Lipinski definition) is 1. The topological polar surface area (TPSA) is 66.8 Å². The summed E-state index contributed by atoms with van der Waals surface area (Å²) in [6.45, 7) is 4.34. The Balaban J connectivity index is 1.89. The fourth-order valence-corrected chi connectivity index (χ4v) is 3.93. The van der Waals surface area contributed by atoms with Gasteiger partial charge in [-0.1, -0.05) is 48.5 Å². The number of rotatable bonds is 5. The first-order valence-electron chi connectivity index (χ1n) is 9.07. The Morgan fingerprint density at radius 3 is 2.30 bits per heavy atom. The summed E-state index contributed by atoms with van der Waals surface area (Å²) in [4.78, 5) is 26.9. The average molecular weight is 367 g/mol. The van der Waals surface area contributed by atoms with Crippen LogP contribution in [0.15, 0.2) is 54.6 Å². The summed E-state index contributed by atoms with van der Waals surface area (Å²) in [5, 5.41) is 9.69. The molecule has 2 unspecified atom stereocenters. The van der Waals surface area contributed by atoms with E-state index in [1.807, 2.05) is 68.4 Å². The van der Waals surface area contributed by atoms with E-state index in [4.69, 9.17) is 4.74 Å². The Bertz CT molecular complexity index is 831. The van der Waals surface area contributed by atoms with Crippen LogP contribution in [0.1, 0.15) is 30.9 Å². The van der Waals surface area contributed by atoms with E-state index in [1.165, 1.54) is 0 Å². The number of ether oxygens (including phenoxy) is 1. The van der Waals surface area contributed by atoms with Gasteiger partial charge in [0.15, 0.2) is 0 Å². The van der Waals surface area contributed by atoms with Crippen molar-refractivity contribution in [3.05, 3.63) is 65.7 Å². The molecule has 27 heavy (non-hydrogen) atoms. The van der Waals surface area contributed by atoms with Gasteiger partial charge in [-0.2, -0.15) is 0 Å². The lowest BCUT2D eigenvalue weighted by Crippen LogP contribution is -2.43. The van der Waals surface area contributed by atoms with Crippen molar-refractivity contribution >= 4 is 11.9 Å². The predicted molar refractivity (Wildman–Crippen MR) is 103 cm³/mol. The molecule has 142 valence electrons. The van der Waals surface area contributed by atoms with Crippen molar-refractivity contribution in [2.24, 2.45) is 5.92 Å². The quantitative estimate of drug-likeness (QED) is 0.881. The predicted octanol–water partition coefficient (Wildman–Crippen LogP) is 3.30. The minimum absolute atomic E-state index is 0.0864. The lowest BCUT2D eigenvalue weighted by molar-refractivity contribution is -0.142. The molecule has 1 aliphatic rings. The van der Waals surface area contributed by atoms with E-state index in [2.05, 4.69) is 0 Å². The summed E-state index contributed by atoms with van der Waals surface area (Å²) < 4.78 is 5.43. The second-order valence-electron chi connectivity index (χ2n) is 7.50. The zero-order chi connectivity index (χ0) is 19.6. The van der Waals surface area contributed by atoms with Gasteiger partial charge in [0.05, 0.1) is 18.4 Å². The Labute approximate surface area is 159 Å². The van der Waals surface area contributed by atoms with Gasteiger partial charge in [0, 0.05) is 24.6 Å². The van der Waals surface area contributed by atoms with Gasteiger partial charge in [0.1, 0.15) is 5.75 Å². The van der Waals surface area contributed by atoms with Gasteiger partial charge in [-0.15, -0.1) is 0 Å². The maximum absolute atomic E-state index is 13.4. The Hall–Kier alpha value is -2.82. The molecule has 1 saturated heterocycles. The van der Waals surface area contributed by atoms with Crippen LogP contribution in [0.4, 0.5) is 0 Å². The molecule has 1 fully saturated rings. The number of carbonyl (C=O) groups is 2. The fraction of sp³-hybridized carbons (Fsp3) is 0.364. The largest absolute Gasteiger partial charge is 0.496 e. The van der Waals surface area contributed by atoms with Crippen LogP contribution in [0.2, 0.25) is 0 Å². The Morgan fingerprint density at radius 2 is 1.67 bits per heavy atom. The van der Waals surface area contributed by atoms with Crippen LogP contribution < -0.4 is 4.74 Å². The molecule has 1 N–H and O–H groups in total. The second kappa shape index (κ2) is 7.43. The summed E-state index contributed by atoms with van der Waals surface area (Å²) in [7, 11) is 1.58. The van der Waals surface area contributed by atoms with Crippen molar-refractivity contribution < 1.29 is 19.4 Å². The molecule has 5 nitrogen and oxygen atoms in total. The fourth-order valence-electron chi connectivity index (χ4n) is 3.93. The van der Waals surface area contributed by atoms with Crippen LogP contribution in [-0.4, -0.2) is 42.1 Å². The van der Waals surface area contributed by atoms with Gasteiger partial charge in [0.25, 0.3) is 0 Å². The van der Waals surface area contributed by atoms with Crippen LogP contribution in [0.3, 0.4) is 0 Å². The molecule has 0 spiro atoms. The first kappa shape index (κ1) is 19.0. The minimum atomic E-state index is -0.866. The second-order valence-corrected chi connectivity index (χ2v) is 7.50. The zero-order valence-electron chi connectivity index (χ0n) is 15.9. The molecule has 2 atom stereocenters. The van der Waals surface area contributed by atoms with E-state index >= 15 is 0 Å². The first-order valence-corrected chi connectivity index (χ1v) is 9.07. The van der Waals surface area contributed by atoms with Crippen LogP contribution >= 0.6 is 0 Å². The SMILES string of the molecule is COc1ccccc1C(C)(C)C(=O)N1CC(C(=O)O)C(c2ccccc2)C1. The number of carboxylic acids is 1. The number of amides is 1. The molecule has 1 aliphatic heterocycles. The summed E-state index contributed by atoms with van der Waals surface area (Å²) in [5.74, 6) is -1.11. The lowest BCUT2D eigenvalue weighted by Gasteiger charge is -2.31. The van der Waals surface area contributed by atoms with E-state index in [0.29, 0.717) is 12.3 Å². The molecular weight excluding hydrogens is 342 g/mol. The van der Waals surface area contributed by atoms with E-state index < -0.39 is 17.3 Å². The normalized spacial score (nSPS) is 19.7. The highest BCUT2D eigenvalue weighted by Crippen LogP contribution is 2.38.